The molecule has 0 aromatic carbocycles. The van der Waals surface area contributed by atoms with Crippen LogP contribution >= 0.6 is 11.3 Å². The molecule has 0 atom stereocenters. The number of thiophene rings is 1. The second-order valence-corrected chi connectivity index (χ2v) is 5.00. The van der Waals surface area contributed by atoms with E-state index in [-0.39, 0.29) is 5.75 Å². The van der Waals surface area contributed by atoms with Gasteiger partial charge in [-0.15, -0.1) is 11.3 Å². The van der Waals surface area contributed by atoms with Gasteiger partial charge in [-0.1, -0.05) is 6.07 Å². The average Bonchev–Trinajstić information content (AvgIpc) is 2.36. The molecule has 1 heterocycles. The molecule has 0 saturated carbocycles. The van der Waals surface area contributed by atoms with Gasteiger partial charge in [0.25, 0.3) is 0 Å². The van der Waals surface area contributed by atoms with Gasteiger partial charge in [-0.25, -0.2) is 8.42 Å². The van der Waals surface area contributed by atoms with Crippen molar-refractivity contribution >= 4 is 21.5 Å². The molecule has 0 amide bonds. The molecule has 1 aromatic rings. The van der Waals surface area contributed by atoms with Crippen LogP contribution < -0.4 is 0 Å². The van der Waals surface area contributed by atoms with E-state index in [9.17, 15) is 13.0 Å². The zero-order chi connectivity index (χ0) is 9.03. The Morgan fingerprint density at radius 2 is 2.25 bits per heavy atom. The van der Waals surface area contributed by atoms with Crippen LogP contribution in [0.25, 0.3) is 0 Å². The molecule has 0 spiro atoms. The predicted molar refractivity (Wildman–Crippen MR) is 47.2 cm³/mol. The quantitative estimate of drug-likeness (QED) is 0.694. The molecule has 0 radical (unpaired) electrons. The highest BCUT2D eigenvalue weighted by Gasteiger charge is 1.97. The molecular weight excluding hydrogens is 196 g/mol. The van der Waals surface area contributed by atoms with Crippen molar-refractivity contribution in [3.63, 3.8) is 0 Å². The van der Waals surface area contributed by atoms with Crippen LogP contribution in [0.2, 0.25) is 0 Å². The summed E-state index contributed by atoms with van der Waals surface area (Å²) >= 11 is 1.58. The molecule has 1 aromatic heterocycles. The molecule has 0 N–H and O–H groups in total. The van der Waals surface area contributed by atoms with Crippen LogP contribution in [0.1, 0.15) is 11.3 Å². The first-order chi connectivity index (χ1) is 5.58. The fourth-order valence-electron chi connectivity index (χ4n) is 0.878. The maximum absolute atomic E-state index is 10.2. The maximum atomic E-state index is 10.2. The normalized spacial score (nSPS) is 11.8. The maximum Gasteiger partial charge on any atom is 0.0946 e. The van der Waals surface area contributed by atoms with Crippen LogP contribution in [-0.2, 0) is 16.5 Å². The SMILES string of the molecule is O=S(=O)([O-])CCCc1cccs1. The van der Waals surface area contributed by atoms with Crippen LogP contribution in [0, 0.1) is 0 Å². The molecule has 0 aliphatic heterocycles. The topological polar surface area (TPSA) is 57.2 Å². The lowest BCUT2D eigenvalue weighted by atomic mass is 10.3. The van der Waals surface area contributed by atoms with Gasteiger partial charge in [-0.3, -0.25) is 0 Å². The molecule has 12 heavy (non-hydrogen) atoms. The van der Waals surface area contributed by atoms with Gasteiger partial charge >= 0.3 is 0 Å². The summed E-state index contributed by atoms with van der Waals surface area (Å²) in [5.41, 5.74) is 0. The summed E-state index contributed by atoms with van der Waals surface area (Å²) in [4.78, 5) is 1.12. The molecule has 0 bridgehead atoms. The molecule has 0 aliphatic rings. The average molecular weight is 205 g/mol. The molecule has 0 aliphatic carbocycles. The summed E-state index contributed by atoms with van der Waals surface area (Å²) < 4.78 is 30.6. The Balaban J connectivity index is 2.29. The first kappa shape index (κ1) is 9.70. The van der Waals surface area contributed by atoms with E-state index >= 15 is 0 Å². The van der Waals surface area contributed by atoms with Gasteiger partial charge in [0, 0.05) is 10.6 Å². The van der Waals surface area contributed by atoms with Crippen LogP contribution in [0.4, 0.5) is 0 Å². The zero-order valence-electron chi connectivity index (χ0n) is 6.39. The highest BCUT2D eigenvalue weighted by molar-refractivity contribution is 7.85. The van der Waals surface area contributed by atoms with Crippen LogP contribution in [0.5, 0.6) is 0 Å². The van der Waals surface area contributed by atoms with Gasteiger partial charge in [-0.2, -0.15) is 0 Å². The highest BCUT2D eigenvalue weighted by Crippen LogP contribution is 2.10. The molecule has 0 saturated heterocycles. The van der Waals surface area contributed by atoms with Gasteiger partial charge in [0.1, 0.15) is 0 Å². The highest BCUT2D eigenvalue weighted by atomic mass is 32.2. The first-order valence-corrected chi connectivity index (χ1v) is 5.99. The van der Waals surface area contributed by atoms with Gasteiger partial charge in [-0.05, 0) is 24.3 Å². The largest absolute Gasteiger partial charge is 0.748 e. The number of rotatable bonds is 4. The zero-order valence-corrected chi connectivity index (χ0v) is 8.03. The van der Waals surface area contributed by atoms with Gasteiger partial charge in [0.2, 0.25) is 0 Å². The fraction of sp³-hybridized carbons (Fsp3) is 0.429. The van der Waals surface area contributed by atoms with Crippen molar-refractivity contribution < 1.29 is 13.0 Å². The third-order valence-electron chi connectivity index (χ3n) is 1.40. The lowest BCUT2D eigenvalue weighted by Gasteiger charge is -2.04. The van der Waals surface area contributed by atoms with Gasteiger partial charge in [0.15, 0.2) is 0 Å². The van der Waals surface area contributed by atoms with E-state index in [0.717, 1.165) is 4.88 Å². The van der Waals surface area contributed by atoms with E-state index in [1.54, 1.807) is 11.3 Å². The third kappa shape index (κ3) is 3.85. The molecule has 0 unspecified atom stereocenters. The van der Waals surface area contributed by atoms with Gasteiger partial charge < -0.3 is 4.55 Å². The van der Waals surface area contributed by atoms with Crippen LogP contribution in [0.15, 0.2) is 17.5 Å². The predicted octanol–water partition coefficient (Wildman–Crippen LogP) is 1.23. The van der Waals surface area contributed by atoms with E-state index in [0.29, 0.717) is 12.8 Å². The Kier molecular flexibility index (Phi) is 3.25. The second-order valence-electron chi connectivity index (χ2n) is 2.44. The van der Waals surface area contributed by atoms with Crippen molar-refractivity contribution in [2.45, 2.75) is 12.8 Å². The Morgan fingerprint density at radius 1 is 1.50 bits per heavy atom. The Morgan fingerprint density at radius 3 is 2.75 bits per heavy atom. The summed E-state index contributed by atoms with van der Waals surface area (Å²) in [5, 5.41) is 1.93. The summed E-state index contributed by atoms with van der Waals surface area (Å²) in [7, 11) is -4.02. The summed E-state index contributed by atoms with van der Waals surface area (Å²) in [6, 6.07) is 3.84. The molecule has 5 heteroatoms. The lowest BCUT2D eigenvalue weighted by molar-refractivity contribution is 0.461. The third-order valence-corrected chi connectivity index (χ3v) is 3.12. The summed E-state index contributed by atoms with van der Waals surface area (Å²) in [6.07, 6.45) is 1.10. The number of hydrogen-bond acceptors (Lipinski definition) is 4. The summed E-state index contributed by atoms with van der Waals surface area (Å²) in [6.45, 7) is 0. The van der Waals surface area contributed by atoms with Crippen molar-refractivity contribution in [3.05, 3.63) is 22.4 Å². The molecule has 0 fully saturated rings. The first-order valence-electron chi connectivity index (χ1n) is 3.54. The van der Waals surface area contributed by atoms with Crippen molar-refractivity contribution in [1.82, 2.24) is 0 Å². The van der Waals surface area contributed by atoms with E-state index in [1.165, 1.54) is 0 Å². The van der Waals surface area contributed by atoms with Crippen molar-refractivity contribution in [3.8, 4) is 0 Å². The minimum atomic E-state index is -4.02. The van der Waals surface area contributed by atoms with E-state index in [4.69, 9.17) is 0 Å². The molecule has 3 nitrogen and oxygen atoms in total. The number of hydrogen-bond donors (Lipinski definition) is 0. The summed E-state index contributed by atoms with van der Waals surface area (Å²) in [5.74, 6) is -0.259. The van der Waals surface area contributed by atoms with E-state index < -0.39 is 10.1 Å². The Labute approximate surface area is 75.8 Å². The number of aryl methyl sites for hydroxylation is 1. The van der Waals surface area contributed by atoms with E-state index in [1.807, 2.05) is 17.5 Å². The van der Waals surface area contributed by atoms with Crippen LogP contribution in [-0.4, -0.2) is 18.7 Å². The monoisotopic (exact) mass is 205 g/mol. The van der Waals surface area contributed by atoms with E-state index in [2.05, 4.69) is 0 Å². The molecule has 68 valence electrons. The second kappa shape index (κ2) is 4.02. The van der Waals surface area contributed by atoms with Crippen molar-refractivity contribution in [2.24, 2.45) is 0 Å². The lowest BCUT2D eigenvalue weighted by Crippen LogP contribution is -2.04. The standard InChI is InChI=1S/C7H10O3S2/c8-12(9,10)6-2-4-7-3-1-5-11-7/h1,3,5H,2,4,6H2,(H,8,9,10)/p-1. The van der Waals surface area contributed by atoms with Crippen molar-refractivity contribution in [1.29, 1.82) is 0 Å². The van der Waals surface area contributed by atoms with Crippen LogP contribution in [0.3, 0.4) is 0 Å². The molecule has 1 rings (SSSR count). The molecular formula is C7H9O3S2-. The Bertz CT molecular complexity index is 312. The minimum Gasteiger partial charge on any atom is -0.748 e. The fourth-order valence-corrected chi connectivity index (χ4v) is 2.13. The van der Waals surface area contributed by atoms with Crippen molar-refractivity contribution in [2.75, 3.05) is 5.75 Å². The minimum absolute atomic E-state index is 0.259. The smallest absolute Gasteiger partial charge is 0.0946 e. The Hall–Kier alpha value is -0.390. The van der Waals surface area contributed by atoms with Gasteiger partial charge in [0.05, 0.1) is 10.1 Å².